The second-order valence-corrected chi connectivity index (χ2v) is 4.83. The lowest BCUT2D eigenvalue weighted by atomic mass is 9.98. The van der Waals surface area contributed by atoms with Crippen molar-refractivity contribution in [2.45, 2.75) is 25.3 Å². The predicted octanol–water partition coefficient (Wildman–Crippen LogP) is 3.24. The molecule has 1 heterocycles. The third-order valence-electron chi connectivity index (χ3n) is 2.65. The molecule has 1 aromatic rings. The molecule has 14 heavy (non-hydrogen) atoms. The highest BCUT2D eigenvalue weighted by Gasteiger charge is 2.16. The molecule has 76 valence electrons. The van der Waals surface area contributed by atoms with Crippen molar-refractivity contribution < 1.29 is 4.39 Å². The van der Waals surface area contributed by atoms with Gasteiger partial charge < -0.3 is 5.32 Å². The minimum absolute atomic E-state index is 0.144. The van der Waals surface area contributed by atoms with Crippen molar-refractivity contribution in [3.8, 4) is 0 Å². The van der Waals surface area contributed by atoms with Crippen LogP contribution in [0.15, 0.2) is 18.2 Å². The zero-order valence-corrected chi connectivity index (χ0v) is 10.1. The lowest BCUT2D eigenvalue weighted by Crippen LogP contribution is -2.27. The normalized spacial score (nSPS) is 22.3. The number of hydrogen-bond acceptors (Lipinski definition) is 1. The molecule has 2 rings (SSSR count). The molecule has 1 N–H and O–H groups in total. The quantitative estimate of drug-likeness (QED) is 0.786. The monoisotopic (exact) mass is 305 g/mol. The van der Waals surface area contributed by atoms with E-state index in [0.29, 0.717) is 6.04 Å². The molecule has 1 aliphatic rings. The van der Waals surface area contributed by atoms with E-state index in [1.165, 1.54) is 24.8 Å². The van der Waals surface area contributed by atoms with Crippen LogP contribution in [0.3, 0.4) is 0 Å². The van der Waals surface area contributed by atoms with Crippen LogP contribution in [0.5, 0.6) is 0 Å². The number of piperidine rings is 1. The van der Waals surface area contributed by atoms with Gasteiger partial charge in [0.1, 0.15) is 5.82 Å². The summed E-state index contributed by atoms with van der Waals surface area (Å²) >= 11 is 2.21. The topological polar surface area (TPSA) is 12.0 Å². The Bertz CT molecular complexity index is 321. The number of halogens is 2. The molecule has 0 aromatic heterocycles. The molecule has 1 atom stereocenters. The maximum absolute atomic E-state index is 12.9. The van der Waals surface area contributed by atoms with Gasteiger partial charge in [-0.05, 0) is 59.7 Å². The fraction of sp³-hybridized carbons (Fsp3) is 0.455. The third kappa shape index (κ3) is 2.25. The summed E-state index contributed by atoms with van der Waals surface area (Å²) in [5.41, 5.74) is 1.24. The molecular weight excluding hydrogens is 292 g/mol. The second-order valence-electron chi connectivity index (χ2n) is 3.67. The zero-order valence-electron chi connectivity index (χ0n) is 7.89. The Balaban J connectivity index is 2.22. The van der Waals surface area contributed by atoms with Crippen molar-refractivity contribution >= 4 is 22.6 Å². The first kappa shape index (κ1) is 10.4. The molecule has 0 bridgehead atoms. The minimum Gasteiger partial charge on any atom is -0.310 e. The zero-order chi connectivity index (χ0) is 9.97. The van der Waals surface area contributed by atoms with E-state index >= 15 is 0 Å². The molecule has 1 saturated heterocycles. The van der Waals surface area contributed by atoms with Crippen LogP contribution < -0.4 is 5.32 Å². The van der Waals surface area contributed by atoms with E-state index in [2.05, 4.69) is 27.9 Å². The Morgan fingerprint density at radius 1 is 1.36 bits per heavy atom. The Morgan fingerprint density at radius 3 is 2.86 bits per heavy atom. The molecule has 1 aliphatic heterocycles. The molecule has 0 saturated carbocycles. The molecule has 0 spiro atoms. The summed E-state index contributed by atoms with van der Waals surface area (Å²) in [6.45, 7) is 1.08. The summed E-state index contributed by atoms with van der Waals surface area (Å²) in [6.07, 6.45) is 3.70. The maximum atomic E-state index is 12.9. The molecular formula is C11H13FIN. The van der Waals surface area contributed by atoms with Gasteiger partial charge in [-0.3, -0.25) is 0 Å². The Hall–Kier alpha value is -0.160. The predicted molar refractivity (Wildman–Crippen MR) is 63.7 cm³/mol. The summed E-state index contributed by atoms with van der Waals surface area (Å²) in [7, 11) is 0. The van der Waals surface area contributed by atoms with Gasteiger partial charge in [0.2, 0.25) is 0 Å². The van der Waals surface area contributed by atoms with Crippen molar-refractivity contribution in [3.05, 3.63) is 33.1 Å². The lowest BCUT2D eigenvalue weighted by molar-refractivity contribution is 0.410. The van der Waals surface area contributed by atoms with Gasteiger partial charge in [-0.25, -0.2) is 4.39 Å². The van der Waals surface area contributed by atoms with Crippen LogP contribution >= 0.6 is 22.6 Å². The Labute approximate surface area is 97.2 Å². The summed E-state index contributed by atoms with van der Waals surface area (Å²) in [6, 6.07) is 5.48. The number of benzene rings is 1. The number of nitrogens with one attached hydrogen (secondary N) is 1. The largest absolute Gasteiger partial charge is 0.310 e. The highest BCUT2D eigenvalue weighted by molar-refractivity contribution is 14.1. The standard InChI is InChI=1S/C11H13FIN/c12-8-4-5-9(10(13)7-8)11-3-1-2-6-14-11/h4-5,7,11,14H,1-3,6H2. The van der Waals surface area contributed by atoms with Crippen LogP contribution in [0, 0.1) is 9.39 Å². The average molecular weight is 305 g/mol. The fourth-order valence-corrected chi connectivity index (χ4v) is 2.75. The van der Waals surface area contributed by atoms with Gasteiger partial charge in [0.05, 0.1) is 0 Å². The van der Waals surface area contributed by atoms with E-state index in [4.69, 9.17) is 0 Å². The van der Waals surface area contributed by atoms with Crippen molar-refractivity contribution in [3.63, 3.8) is 0 Å². The molecule has 0 aliphatic carbocycles. The molecule has 1 nitrogen and oxygen atoms in total. The first-order valence-corrected chi connectivity index (χ1v) is 6.03. The minimum atomic E-state index is -0.144. The van der Waals surface area contributed by atoms with Crippen LogP contribution in [0.2, 0.25) is 0 Å². The third-order valence-corrected chi connectivity index (χ3v) is 3.58. The van der Waals surface area contributed by atoms with E-state index in [9.17, 15) is 4.39 Å². The van der Waals surface area contributed by atoms with E-state index in [0.717, 1.165) is 10.1 Å². The van der Waals surface area contributed by atoms with Crippen molar-refractivity contribution in [1.29, 1.82) is 0 Å². The molecule has 0 radical (unpaired) electrons. The van der Waals surface area contributed by atoms with Crippen LogP contribution in [-0.2, 0) is 0 Å². The average Bonchev–Trinajstić information content (AvgIpc) is 2.19. The van der Waals surface area contributed by atoms with Gasteiger partial charge in [0.25, 0.3) is 0 Å². The smallest absolute Gasteiger partial charge is 0.124 e. The van der Waals surface area contributed by atoms with Crippen molar-refractivity contribution in [2.24, 2.45) is 0 Å². The summed E-state index contributed by atoms with van der Waals surface area (Å²) in [5, 5.41) is 3.47. The van der Waals surface area contributed by atoms with Crippen molar-refractivity contribution in [1.82, 2.24) is 5.32 Å². The first-order chi connectivity index (χ1) is 6.77. The SMILES string of the molecule is Fc1ccc(C2CCCCN2)c(I)c1. The van der Waals surface area contributed by atoms with Crippen LogP contribution in [0.4, 0.5) is 4.39 Å². The van der Waals surface area contributed by atoms with Gasteiger partial charge in [0, 0.05) is 9.61 Å². The highest BCUT2D eigenvalue weighted by atomic mass is 127. The number of rotatable bonds is 1. The van der Waals surface area contributed by atoms with Gasteiger partial charge in [-0.2, -0.15) is 0 Å². The van der Waals surface area contributed by atoms with Crippen LogP contribution in [-0.4, -0.2) is 6.54 Å². The maximum Gasteiger partial charge on any atom is 0.124 e. The molecule has 1 fully saturated rings. The summed E-state index contributed by atoms with van der Waals surface area (Å²) in [4.78, 5) is 0. The summed E-state index contributed by atoms with van der Waals surface area (Å²) < 4.78 is 13.9. The first-order valence-electron chi connectivity index (χ1n) is 4.96. The molecule has 0 amide bonds. The summed E-state index contributed by atoms with van der Waals surface area (Å²) in [5.74, 6) is -0.144. The Morgan fingerprint density at radius 2 is 2.21 bits per heavy atom. The van der Waals surface area contributed by atoms with Crippen molar-refractivity contribution in [2.75, 3.05) is 6.54 Å². The second kappa shape index (κ2) is 4.57. The Kier molecular flexibility index (Phi) is 3.38. The van der Waals surface area contributed by atoms with Gasteiger partial charge >= 0.3 is 0 Å². The van der Waals surface area contributed by atoms with Gasteiger partial charge in [-0.1, -0.05) is 12.5 Å². The van der Waals surface area contributed by atoms with Gasteiger partial charge in [0.15, 0.2) is 0 Å². The van der Waals surface area contributed by atoms with E-state index < -0.39 is 0 Å². The highest BCUT2D eigenvalue weighted by Crippen LogP contribution is 2.27. The lowest BCUT2D eigenvalue weighted by Gasteiger charge is -2.24. The number of hydrogen-bond donors (Lipinski definition) is 1. The van der Waals surface area contributed by atoms with E-state index in [-0.39, 0.29) is 5.82 Å². The fourth-order valence-electron chi connectivity index (χ4n) is 1.90. The van der Waals surface area contributed by atoms with E-state index in [1.54, 1.807) is 12.1 Å². The van der Waals surface area contributed by atoms with Crippen LogP contribution in [0.1, 0.15) is 30.9 Å². The van der Waals surface area contributed by atoms with Crippen LogP contribution in [0.25, 0.3) is 0 Å². The van der Waals surface area contributed by atoms with Gasteiger partial charge in [-0.15, -0.1) is 0 Å². The molecule has 3 heteroatoms. The van der Waals surface area contributed by atoms with E-state index in [1.807, 2.05) is 6.07 Å². The molecule has 1 unspecified atom stereocenters. The molecule has 1 aromatic carbocycles.